The number of carbonyl (C=O) groups is 2. The Hall–Kier alpha value is -2.70. The largest absolute Gasteiger partial charge is 0.443 e. The van der Waals surface area contributed by atoms with Crippen molar-refractivity contribution < 1.29 is 14.3 Å². The molecule has 0 aromatic heterocycles. The summed E-state index contributed by atoms with van der Waals surface area (Å²) >= 11 is 0. The van der Waals surface area contributed by atoms with E-state index in [9.17, 15) is 9.59 Å². The van der Waals surface area contributed by atoms with Crippen LogP contribution in [0.4, 0.5) is 4.79 Å². The molecule has 0 bridgehead atoms. The highest BCUT2D eigenvalue weighted by Crippen LogP contribution is 2.05. The van der Waals surface area contributed by atoms with Crippen LogP contribution >= 0.6 is 0 Å². The van der Waals surface area contributed by atoms with Crippen molar-refractivity contribution >= 4 is 12.0 Å². The molecule has 2 amide bonds. The van der Waals surface area contributed by atoms with E-state index in [1.54, 1.807) is 12.1 Å². The summed E-state index contributed by atoms with van der Waals surface area (Å²) in [5, 5.41) is 0.427. The van der Waals surface area contributed by atoms with Gasteiger partial charge in [0.2, 0.25) is 0 Å². The van der Waals surface area contributed by atoms with Crippen molar-refractivity contribution in [2.24, 2.45) is 11.6 Å². The van der Waals surface area contributed by atoms with Gasteiger partial charge in [-0.1, -0.05) is 60.7 Å². The van der Waals surface area contributed by atoms with Crippen LogP contribution in [-0.2, 0) is 22.6 Å². The summed E-state index contributed by atoms with van der Waals surface area (Å²) in [5.41, 5.74) is 7.51. The molecule has 4 N–H and O–H groups in total. The lowest BCUT2D eigenvalue weighted by Crippen LogP contribution is -2.51. The van der Waals surface area contributed by atoms with E-state index in [2.05, 4.69) is 0 Å². The van der Waals surface area contributed by atoms with Gasteiger partial charge in [-0.05, 0) is 17.5 Å². The van der Waals surface area contributed by atoms with Gasteiger partial charge in [-0.3, -0.25) is 4.79 Å². The number of nitrogens with two attached hydrogens (primary N) is 2. The Labute approximate surface area is 134 Å². The Bertz CT molecular complexity index is 647. The number of hydrazine groups is 1. The van der Waals surface area contributed by atoms with Gasteiger partial charge in [0.15, 0.2) is 0 Å². The fraction of sp³-hybridized carbons (Fsp3) is 0.176. The Morgan fingerprint density at radius 2 is 1.48 bits per heavy atom. The lowest BCUT2D eigenvalue weighted by molar-refractivity contribution is -0.131. The van der Waals surface area contributed by atoms with E-state index in [1.807, 2.05) is 48.5 Å². The van der Waals surface area contributed by atoms with Crippen molar-refractivity contribution in [2.75, 3.05) is 0 Å². The van der Waals surface area contributed by atoms with Crippen molar-refractivity contribution in [1.82, 2.24) is 5.01 Å². The maximum Gasteiger partial charge on any atom is 0.431 e. The number of amides is 2. The van der Waals surface area contributed by atoms with E-state index >= 15 is 0 Å². The van der Waals surface area contributed by atoms with Gasteiger partial charge < -0.3 is 10.5 Å². The number of rotatable bonds is 5. The Morgan fingerprint density at radius 3 is 2.04 bits per heavy atom. The van der Waals surface area contributed by atoms with Crippen LogP contribution in [-0.4, -0.2) is 23.1 Å². The third kappa shape index (κ3) is 4.91. The van der Waals surface area contributed by atoms with Crippen LogP contribution in [0.5, 0.6) is 0 Å². The number of nitrogens with zero attached hydrogens (tertiary/aromatic N) is 1. The van der Waals surface area contributed by atoms with Gasteiger partial charge in [0, 0.05) is 0 Å². The molecule has 0 unspecified atom stereocenters. The highest BCUT2D eigenvalue weighted by molar-refractivity contribution is 5.94. The average Bonchev–Trinajstić information content (AvgIpc) is 2.60. The molecule has 0 radical (unpaired) electrons. The molecule has 0 heterocycles. The number of ether oxygens (including phenoxy) is 1. The van der Waals surface area contributed by atoms with E-state index < -0.39 is 18.0 Å². The molecular formula is C17H19N3O3. The first-order valence-electron chi connectivity index (χ1n) is 7.17. The highest BCUT2D eigenvalue weighted by atomic mass is 16.6. The summed E-state index contributed by atoms with van der Waals surface area (Å²) in [7, 11) is 0. The smallest absolute Gasteiger partial charge is 0.431 e. The number of hydrogen-bond donors (Lipinski definition) is 2. The van der Waals surface area contributed by atoms with Crippen molar-refractivity contribution in [3.63, 3.8) is 0 Å². The normalized spacial score (nSPS) is 11.6. The molecule has 6 nitrogen and oxygen atoms in total. The van der Waals surface area contributed by atoms with Gasteiger partial charge in [0.25, 0.3) is 5.91 Å². The zero-order chi connectivity index (χ0) is 16.7. The van der Waals surface area contributed by atoms with Crippen LogP contribution in [0, 0.1) is 0 Å². The van der Waals surface area contributed by atoms with Crippen molar-refractivity contribution in [2.45, 2.75) is 19.1 Å². The summed E-state index contributed by atoms with van der Waals surface area (Å²) < 4.78 is 5.00. The van der Waals surface area contributed by atoms with Gasteiger partial charge in [-0.25, -0.2) is 10.6 Å². The van der Waals surface area contributed by atoms with Crippen molar-refractivity contribution in [3.05, 3.63) is 71.8 Å². The van der Waals surface area contributed by atoms with Gasteiger partial charge in [0.05, 0.1) is 6.04 Å². The summed E-state index contributed by atoms with van der Waals surface area (Å²) in [6.45, 7) is 0.0363. The average molecular weight is 313 g/mol. The van der Waals surface area contributed by atoms with Gasteiger partial charge >= 0.3 is 6.09 Å². The van der Waals surface area contributed by atoms with E-state index in [1.165, 1.54) is 0 Å². The summed E-state index contributed by atoms with van der Waals surface area (Å²) in [6.07, 6.45) is -0.637. The second kappa shape index (κ2) is 8.07. The molecular weight excluding hydrogens is 294 g/mol. The van der Waals surface area contributed by atoms with E-state index in [0.717, 1.165) is 11.1 Å². The topological polar surface area (TPSA) is 98.7 Å². The molecule has 0 saturated heterocycles. The SMILES string of the molecule is N[C@@H](Cc1ccccc1)C(=O)N(N)C(=O)OCc1ccccc1. The minimum absolute atomic E-state index is 0.0363. The zero-order valence-corrected chi connectivity index (χ0v) is 12.6. The van der Waals surface area contributed by atoms with Gasteiger partial charge in [0.1, 0.15) is 6.61 Å². The van der Waals surface area contributed by atoms with E-state index in [0.29, 0.717) is 11.4 Å². The predicted octanol–water partition coefficient (Wildman–Crippen LogP) is 1.60. The van der Waals surface area contributed by atoms with Gasteiger partial charge in [-0.15, -0.1) is 0 Å². The minimum atomic E-state index is -0.928. The third-order valence-electron chi connectivity index (χ3n) is 3.25. The first-order chi connectivity index (χ1) is 11.1. The summed E-state index contributed by atoms with van der Waals surface area (Å²) in [6, 6.07) is 17.5. The van der Waals surface area contributed by atoms with E-state index in [4.69, 9.17) is 16.3 Å². The Kier molecular flexibility index (Phi) is 5.85. The van der Waals surface area contributed by atoms with Crippen molar-refractivity contribution in [3.8, 4) is 0 Å². The second-order valence-corrected chi connectivity index (χ2v) is 5.04. The maximum atomic E-state index is 12.1. The fourth-order valence-corrected chi connectivity index (χ4v) is 2.01. The van der Waals surface area contributed by atoms with Gasteiger partial charge in [-0.2, -0.15) is 5.01 Å². The molecule has 0 saturated carbocycles. The molecule has 23 heavy (non-hydrogen) atoms. The van der Waals surface area contributed by atoms with Crippen molar-refractivity contribution in [1.29, 1.82) is 0 Å². The third-order valence-corrected chi connectivity index (χ3v) is 3.25. The molecule has 2 rings (SSSR count). The molecule has 0 spiro atoms. The van der Waals surface area contributed by atoms with Crippen LogP contribution in [0.3, 0.4) is 0 Å². The highest BCUT2D eigenvalue weighted by Gasteiger charge is 2.25. The van der Waals surface area contributed by atoms with E-state index in [-0.39, 0.29) is 6.61 Å². The maximum absolute atomic E-state index is 12.1. The Balaban J connectivity index is 1.86. The van der Waals surface area contributed by atoms with Crippen LogP contribution in [0.2, 0.25) is 0 Å². The Morgan fingerprint density at radius 1 is 0.957 bits per heavy atom. The minimum Gasteiger partial charge on any atom is -0.443 e. The number of benzene rings is 2. The second-order valence-electron chi connectivity index (χ2n) is 5.04. The number of hydrogen-bond acceptors (Lipinski definition) is 5. The molecule has 0 fully saturated rings. The molecule has 0 aliphatic carbocycles. The summed E-state index contributed by atoms with van der Waals surface area (Å²) in [4.78, 5) is 23.9. The van der Waals surface area contributed by atoms with Crippen LogP contribution in [0.1, 0.15) is 11.1 Å². The zero-order valence-electron chi connectivity index (χ0n) is 12.6. The predicted molar refractivity (Wildman–Crippen MR) is 85.8 cm³/mol. The molecule has 2 aromatic rings. The van der Waals surface area contributed by atoms with Crippen LogP contribution in [0.25, 0.3) is 0 Å². The molecule has 120 valence electrons. The molecule has 1 atom stereocenters. The first-order valence-corrected chi connectivity index (χ1v) is 7.17. The number of carbonyl (C=O) groups excluding carboxylic acids is 2. The quantitative estimate of drug-likeness (QED) is 0.496. The summed E-state index contributed by atoms with van der Waals surface area (Å²) in [5.74, 6) is 4.82. The molecule has 0 aliphatic rings. The lowest BCUT2D eigenvalue weighted by Gasteiger charge is -2.18. The first kappa shape index (κ1) is 16.7. The van der Waals surface area contributed by atoms with Crippen LogP contribution in [0.15, 0.2) is 60.7 Å². The van der Waals surface area contributed by atoms with Crippen LogP contribution < -0.4 is 11.6 Å². The molecule has 0 aliphatic heterocycles. The molecule has 2 aromatic carbocycles. The standard InChI is InChI=1S/C17H19N3O3/c18-15(11-13-7-3-1-4-8-13)16(21)20(19)17(22)23-12-14-9-5-2-6-10-14/h1-10,15H,11-12,18-19H2/t15-/m0/s1. The monoisotopic (exact) mass is 313 g/mol. The number of imide groups is 1. The molecule has 6 heteroatoms. The lowest BCUT2D eigenvalue weighted by atomic mass is 10.1. The fourth-order valence-electron chi connectivity index (χ4n) is 2.01.